The van der Waals surface area contributed by atoms with Crippen molar-refractivity contribution in [1.29, 1.82) is 0 Å². The van der Waals surface area contributed by atoms with Crippen LogP contribution in [0.4, 0.5) is 14.6 Å². The number of anilines is 1. The summed E-state index contributed by atoms with van der Waals surface area (Å²) in [5.41, 5.74) is -0.00764. The third-order valence-corrected chi connectivity index (χ3v) is 5.66. The highest BCUT2D eigenvalue weighted by Crippen LogP contribution is 2.40. The van der Waals surface area contributed by atoms with E-state index in [1.54, 1.807) is 0 Å². The number of hydrogen-bond acceptors (Lipinski definition) is 4. The van der Waals surface area contributed by atoms with E-state index in [-0.39, 0.29) is 27.3 Å². The second kappa shape index (κ2) is 5.50. The maximum absolute atomic E-state index is 14.3. The number of piperidine rings is 1. The van der Waals surface area contributed by atoms with Gasteiger partial charge in [-0.1, -0.05) is 0 Å². The molecule has 0 radical (unpaired) electrons. The van der Waals surface area contributed by atoms with E-state index >= 15 is 0 Å². The lowest BCUT2D eigenvalue weighted by atomic mass is 9.98. The molecule has 8 heteroatoms. The van der Waals surface area contributed by atoms with Crippen LogP contribution in [0, 0.1) is 23.5 Å². The summed E-state index contributed by atoms with van der Waals surface area (Å²) in [6, 6.07) is 1.22. The van der Waals surface area contributed by atoms with E-state index in [1.165, 1.54) is 6.07 Å². The third-order valence-electron chi connectivity index (χ3n) is 4.77. The van der Waals surface area contributed by atoms with Crippen LogP contribution in [0.1, 0.15) is 12.8 Å². The van der Waals surface area contributed by atoms with Gasteiger partial charge in [0.25, 0.3) is 0 Å². The molecule has 2 aliphatic rings. The van der Waals surface area contributed by atoms with Gasteiger partial charge in [-0.15, -0.1) is 0 Å². The molecule has 2 aromatic rings. The van der Waals surface area contributed by atoms with E-state index in [9.17, 15) is 13.9 Å². The van der Waals surface area contributed by atoms with Crippen molar-refractivity contribution in [2.24, 2.45) is 11.8 Å². The highest BCUT2D eigenvalue weighted by atomic mass is 79.9. The average Bonchev–Trinajstić information content (AvgIpc) is 2.77. The average molecular weight is 405 g/mol. The molecule has 2 bridgehead atoms. The summed E-state index contributed by atoms with van der Waals surface area (Å²) in [7, 11) is 0. The zero-order chi connectivity index (χ0) is 16.3. The van der Waals surface area contributed by atoms with Crippen molar-refractivity contribution in [3.8, 4) is 0 Å². The van der Waals surface area contributed by atoms with E-state index in [0.717, 1.165) is 12.8 Å². The largest absolute Gasteiger partial charge is 0.393 e. The number of halogens is 4. The van der Waals surface area contributed by atoms with Crippen molar-refractivity contribution < 1.29 is 13.9 Å². The van der Waals surface area contributed by atoms with Crippen molar-refractivity contribution in [3.63, 3.8) is 0 Å². The zero-order valence-electron chi connectivity index (χ0n) is 11.9. The van der Waals surface area contributed by atoms with Crippen LogP contribution in [0.5, 0.6) is 0 Å². The molecule has 1 N–H and O–H groups in total. The molecular weight excluding hydrogens is 392 g/mol. The second-order valence-electron chi connectivity index (χ2n) is 6.27. The van der Waals surface area contributed by atoms with Crippen LogP contribution in [0.3, 0.4) is 0 Å². The molecule has 23 heavy (non-hydrogen) atoms. The first-order valence-corrected chi connectivity index (χ1v) is 8.55. The lowest BCUT2D eigenvalue weighted by Crippen LogP contribution is -2.38. The first-order chi connectivity index (χ1) is 10.9. The summed E-state index contributed by atoms with van der Waals surface area (Å²) < 4.78 is 28.0. The lowest BCUT2D eigenvalue weighted by molar-refractivity contribution is 0.137. The fraction of sp³-hybridized carbons (Fsp3) is 0.467. The topological polar surface area (TPSA) is 49.2 Å². The minimum Gasteiger partial charge on any atom is -0.393 e. The fourth-order valence-corrected chi connectivity index (χ4v) is 4.24. The Bertz CT molecular complexity index is 804. The molecular formula is C15H13BrClF2N3O. The highest BCUT2D eigenvalue weighted by Gasteiger charge is 2.40. The molecule has 2 fully saturated rings. The van der Waals surface area contributed by atoms with Crippen LogP contribution >= 0.6 is 27.5 Å². The molecule has 1 aliphatic heterocycles. The van der Waals surface area contributed by atoms with Gasteiger partial charge < -0.3 is 10.0 Å². The second-order valence-corrected chi connectivity index (χ2v) is 7.40. The Kier molecular flexibility index (Phi) is 3.70. The first-order valence-electron chi connectivity index (χ1n) is 7.37. The van der Waals surface area contributed by atoms with Gasteiger partial charge in [-0.25, -0.2) is 13.8 Å². The number of hydrogen-bond donors (Lipinski definition) is 1. The van der Waals surface area contributed by atoms with Crippen LogP contribution in [-0.4, -0.2) is 34.3 Å². The molecule has 1 saturated carbocycles. The highest BCUT2D eigenvalue weighted by molar-refractivity contribution is 9.10. The molecule has 0 unspecified atom stereocenters. The standard InChI is InChI=1S/C15H13BrClF2N3O/c16-11-9(18)3-8-13(12(11)19)20-15(17)21-14(8)22-4-6-1-7(5-22)10(23)2-6/h3,6-7,10,23H,1-2,4-5H2/t6-,7-,10-/m1/s1. The van der Waals surface area contributed by atoms with Gasteiger partial charge in [-0.2, -0.15) is 4.98 Å². The summed E-state index contributed by atoms with van der Waals surface area (Å²) >= 11 is 8.83. The molecule has 4 rings (SSSR count). The monoisotopic (exact) mass is 403 g/mol. The summed E-state index contributed by atoms with van der Waals surface area (Å²) in [6.07, 6.45) is 1.41. The van der Waals surface area contributed by atoms with Crippen molar-refractivity contribution in [3.05, 3.63) is 27.5 Å². The molecule has 1 saturated heterocycles. The van der Waals surface area contributed by atoms with Crippen molar-refractivity contribution in [2.75, 3.05) is 18.0 Å². The van der Waals surface area contributed by atoms with Crippen LogP contribution < -0.4 is 4.90 Å². The summed E-state index contributed by atoms with van der Waals surface area (Å²) in [5.74, 6) is -0.553. The molecule has 4 nitrogen and oxygen atoms in total. The number of aliphatic hydroxyl groups excluding tert-OH is 1. The maximum Gasteiger partial charge on any atom is 0.225 e. The summed E-state index contributed by atoms with van der Waals surface area (Å²) in [4.78, 5) is 10.1. The SMILES string of the molecule is O[C@@H]1C[C@H]2C[C@@H]1CN(c1nc(Cl)nc3c(F)c(Br)c(F)cc13)C2. The Hall–Kier alpha value is -1.05. The molecule has 1 aliphatic carbocycles. The van der Waals surface area contributed by atoms with E-state index in [0.29, 0.717) is 30.2 Å². The van der Waals surface area contributed by atoms with Gasteiger partial charge in [0, 0.05) is 24.4 Å². The van der Waals surface area contributed by atoms with Crippen molar-refractivity contribution >= 4 is 44.3 Å². The first kappa shape index (κ1) is 15.5. The van der Waals surface area contributed by atoms with Crippen LogP contribution in [0.15, 0.2) is 10.5 Å². The third kappa shape index (κ3) is 2.49. The number of fused-ring (bicyclic) bond motifs is 3. The van der Waals surface area contributed by atoms with Gasteiger partial charge in [-0.3, -0.25) is 0 Å². The minimum absolute atomic E-state index is 0.00764. The number of rotatable bonds is 1. The summed E-state index contributed by atoms with van der Waals surface area (Å²) in [5, 5.41) is 10.3. The van der Waals surface area contributed by atoms with Crippen LogP contribution in [0.2, 0.25) is 5.28 Å². The van der Waals surface area contributed by atoms with Crippen molar-refractivity contribution in [1.82, 2.24) is 9.97 Å². The summed E-state index contributed by atoms with van der Waals surface area (Å²) in [6.45, 7) is 1.29. The Balaban J connectivity index is 1.87. The van der Waals surface area contributed by atoms with E-state index < -0.39 is 11.6 Å². The Morgan fingerprint density at radius 3 is 2.78 bits per heavy atom. The van der Waals surface area contributed by atoms with E-state index in [1.807, 2.05) is 4.90 Å². The quantitative estimate of drug-likeness (QED) is 0.583. The van der Waals surface area contributed by atoms with E-state index in [2.05, 4.69) is 25.9 Å². The number of nitrogens with zero attached hydrogens (tertiary/aromatic N) is 3. The van der Waals surface area contributed by atoms with Gasteiger partial charge in [0.15, 0.2) is 5.82 Å². The molecule has 3 atom stereocenters. The van der Waals surface area contributed by atoms with Crippen LogP contribution in [0.25, 0.3) is 10.9 Å². The van der Waals surface area contributed by atoms with Gasteiger partial charge in [0.05, 0.1) is 10.6 Å². The normalized spacial score (nSPS) is 27.0. The van der Waals surface area contributed by atoms with E-state index in [4.69, 9.17) is 11.6 Å². The fourth-order valence-electron chi connectivity index (χ4n) is 3.77. The predicted octanol–water partition coefficient (Wildman–Crippen LogP) is 3.53. The van der Waals surface area contributed by atoms with Crippen LogP contribution in [-0.2, 0) is 0 Å². The van der Waals surface area contributed by atoms with Crippen molar-refractivity contribution in [2.45, 2.75) is 18.9 Å². The zero-order valence-corrected chi connectivity index (χ0v) is 14.3. The van der Waals surface area contributed by atoms with Gasteiger partial charge >= 0.3 is 0 Å². The molecule has 2 heterocycles. The lowest BCUT2D eigenvalue weighted by Gasteiger charge is -2.33. The molecule has 0 amide bonds. The maximum atomic E-state index is 14.3. The molecule has 1 aromatic heterocycles. The molecule has 122 valence electrons. The Morgan fingerprint density at radius 2 is 2.04 bits per heavy atom. The molecule has 0 spiro atoms. The van der Waals surface area contributed by atoms with Gasteiger partial charge in [0.1, 0.15) is 17.2 Å². The number of aliphatic hydroxyl groups is 1. The Morgan fingerprint density at radius 1 is 1.26 bits per heavy atom. The minimum atomic E-state index is -0.787. The number of benzene rings is 1. The predicted molar refractivity (Wildman–Crippen MR) is 86.6 cm³/mol. The smallest absolute Gasteiger partial charge is 0.225 e. The van der Waals surface area contributed by atoms with Gasteiger partial charge in [-0.05, 0) is 52.4 Å². The molecule has 1 aromatic carbocycles. The Labute approximate surface area is 144 Å². The van der Waals surface area contributed by atoms with Gasteiger partial charge in [0.2, 0.25) is 5.28 Å². The number of aromatic nitrogens is 2.